The van der Waals surface area contributed by atoms with E-state index >= 15 is 0 Å². The molecule has 0 aliphatic heterocycles. The molecule has 0 aliphatic carbocycles. The lowest BCUT2D eigenvalue weighted by molar-refractivity contribution is 1.10. The van der Waals surface area contributed by atoms with Crippen molar-refractivity contribution in [1.82, 2.24) is 10.2 Å². The molecule has 0 fully saturated rings. The SMILES string of the molecule is Cc1ccc(Cl)cc1-c1[nH]nc(N)c1-c1ccccc1Br. The highest BCUT2D eigenvalue weighted by atomic mass is 79.9. The molecule has 0 spiro atoms. The predicted octanol–water partition coefficient (Wildman–Crippen LogP) is 5.05. The van der Waals surface area contributed by atoms with Crippen LogP contribution in [0.25, 0.3) is 22.4 Å². The molecule has 0 bridgehead atoms. The van der Waals surface area contributed by atoms with E-state index in [1.165, 1.54) is 0 Å². The summed E-state index contributed by atoms with van der Waals surface area (Å²) in [6.07, 6.45) is 0. The molecule has 21 heavy (non-hydrogen) atoms. The van der Waals surface area contributed by atoms with E-state index in [4.69, 9.17) is 17.3 Å². The van der Waals surface area contributed by atoms with E-state index in [-0.39, 0.29) is 0 Å². The topological polar surface area (TPSA) is 54.7 Å². The molecule has 5 heteroatoms. The lowest BCUT2D eigenvalue weighted by Crippen LogP contribution is -1.91. The normalized spacial score (nSPS) is 10.8. The van der Waals surface area contributed by atoms with Crippen LogP contribution in [0.1, 0.15) is 5.56 Å². The first-order chi connectivity index (χ1) is 10.1. The number of benzene rings is 2. The second kappa shape index (κ2) is 5.54. The number of rotatable bonds is 2. The van der Waals surface area contributed by atoms with Crippen LogP contribution in [-0.4, -0.2) is 10.2 Å². The first-order valence-corrected chi connectivity index (χ1v) is 7.60. The van der Waals surface area contributed by atoms with Crippen molar-refractivity contribution in [2.75, 3.05) is 5.73 Å². The molecule has 0 saturated heterocycles. The van der Waals surface area contributed by atoms with E-state index in [2.05, 4.69) is 26.1 Å². The number of hydrogen-bond donors (Lipinski definition) is 2. The van der Waals surface area contributed by atoms with Crippen LogP contribution in [0, 0.1) is 6.92 Å². The zero-order chi connectivity index (χ0) is 15.0. The first-order valence-electron chi connectivity index (χ1n) is 6.43. The minimum atomic E-state index is 0.469. The maximum absolute atomic E-state index is 6.13. The number of nitrogens with one attached hydrogen (secondary N) is 1. The van der Waals surface area contributed by atoms with Gasteiger partial charge in [-0.15, -0.1) is 0 Å². The molecule has 3 rings (SSSR count). The van der Waals surface area contributed by atoms with Crippen LogP contribution in [0.2, 0.25) is 5.02 Å². The highest BCUT2D eigenvalue weighted by Crippen LogP contribution is 2.39. The Labute approximate surface area is 136 Å². The monoisotopic (exact) mass is 361 g/mol. The maximum atomic E-state index is 6.13. The quantitative estimate of drug-likeness (QED) is 0.670. The van der Waals surface area contributed by atoms with E-state index in [1.54, 1.807) is 0 Å². The van der Waals surface area contributed by atoms with Crippen LogP contribution >= 0.6 is 27.5 Å². The van der Waals surface area contributed by atoms with Gasteiger partial charge >= 0.3 is 0 Å². The van der Waals surface area contributed by atoms with Crippen molar-refractivity contribution in [3.63, 3.8) is 0 Å². The van der Waals surface area contributed by atoms with Gasteiger partial charge in [0.15, 0.2) is 5.82 Å². The van der Waals surface area contributed by atoms with Gasteiger partial charge < -0.3 is 5.73 Å². The number of halogens is 2. The number of aryl methyl sites for hydroxylation is 1. The van der Waals surface area contributed by atoms with Gasteiger partial charge in [0.05, 0.1) is 11.3 Å². The summed E-state index contributed by atoms with van der Waals surface area (Å²) < 4.78 is 0.971. The van der Waals surface area contributed by atoms with Crippen molar-refractivity contribution in [3.8, 4) is 22.4 Å². The third-order valence-corrected chi connectivity index (χ3v) is 4.33. The lowest BCUT2D eigenvalue weighted by Gasteiger charge is -2.09. The number of nitrogens with two attached hydrogens (primary N) is 1. The van der Waals surface area contributed by atoms with Crippen molar-refractivity contribution >= 4 is 33.3 Å². The lowest BCUT2D eigenvalue weighted by atomic mass is 9.98. The van der Waals surface area contributed by atoms with Gasteiger partial charge in [0.25, 0.3) is 0 Å². The number of nitrogens with zero attached hydrogens (tertiary/aromatic N) is 1. The Morgan fingerprint density at radius 3 is 2.67 bits per heavy atom. The van der Waals surface area contributed by atoms with Crippen molar-refractivity contribution < 1.29 is 0 Å². The van der Waals surface area contributed by atoms with Crippen LogP contribution in [0.4, 0.5) is 5.82 Å². The van der Waals surface area contributed by atoms with Gasteiger partial charge in [-0.25, -0.2) is 0 Å². The zero-order valence-electron chi connectivity index (χ0n) is 11.3. The summed E-state index contributed by atoms with van der Waals surface area (Å²) in [6.45, 7) is 2.03. The fourth-order valence-electron chi connectivity index (χ4n) is 2.35. The Morgan fingerprint density at radius 1 is 1.14 bits per heavy atom. The van der Waals surface area contributed by atoms with Gasteiger partial charge in [0.1, 0.15) is 0 Å². The number of hydrogen-bond acceptors (Lipinski definition) is 2. The van der Waals surface area contributed by atoms with Gasteiger partial charge in [-0.1, -0.05) is 51.8 Å². The molecule has 0 aliphatic rings. The van der Waals surface area contributed by atoms with Crippen LogP contribution in [0.15, 0.2) is 46.9 Å². The van der Waals surface area contributed by atoms with E-state index in [1.807, 2.05) is 49.4 Å². The Kier molecular flexibility index (Phi) is 3.74. The van der Waals surface area contributed by atoms with Gasteiger partial charge in [0.2, 0.25) is 0 Å². The van der Waals surface area contributed by atoms with Gasteiger partial charge in [-0.2, -0.15) is 5.10 Å². The molecule has 0 saturated carbocycles. The fourth-order valence-corrected chi connectivity index (χ4v) is 3.01. The Balaban J connectivity index is 2.27. The second-order valence-corrected chi connectivity index (χ2v) is 6.09. The minimum absolute atomic E-state index is 0.469. The Hall–Kier alpha value is -1.78. The summed E-state index contributed by atoms with van der Waals surface area (Å²) in [5, 5.41) is 7.88. The van der Waals surface area contributed by atoms with Crippen molar-refractivity contribution in [2.24, 2.45) is 0 Å². The molecule has 3 nitrogen and oxygen atoms in total. The molecule has 2 aromatic carbocycles. The van der Waals surface area contributed by atoms with Gasteiger partial charge in [-0.05, 0) is 30.7 Å². The van der Waals surface area contributed by atoms with E-state index in [0.29, 0.717) is 10.8 Å². The van der Waals surface area contributed by atoms with Crippen molar-refractivity contribution in [1.29, 1.82) is 0 Å². The summed E-state index contributed by atoms with van der Waals surface area (Å²) >= 11 is 9.70. The predicted molar refractivity (Wildman–Crippen MR) is 91.3 cm³/mol. The van der Waals surface area contributed by atoms with Crippen molar-refractivity contribution in [3.05, 3.63) is 57.5 Å². The zero-order valence-corrected chi connectivity index (χ0v) is 13.7. The molecule has 3 aromatic rings. The molecule has 1 aromatic heterocycles. The molecule has 0 atom stereocenters. The standard InChI is InChI=1S/C16H13BrClN3/c1-9-6-7-10(18)8-12(9)15-14(16(19)21-20-15)11-4-2-3-5-13(11)17/h2-8H,1H3,(H3,19,20,21). The van der Waals surface area contributed by atoms with Gasteiger partial charge in [-0.3, -0.25) is 5.10 Å². The summed E-state index contributed by atoms with van der Waals surface area (Å²) in [5.41, 5.74) is 10.9. The third kappa shape index (κ3) is 2.57. The van der Waals surface area contributed by atoms with E-state index in [0.717, 1.165) is 32.4 Å². The first kappa shape index (κ1) is 14.2. The van der Waals surface area contributed by atoms with Crippen molar-refractivity contribution in [2.45, 2.75) is 6.92 Å². The highest BCUT2D eigenvalue weighted by molar-refractivity contribution is 9.10. The number of aromatic amines is 1. The van der Waals surface area contributed by atoms with Crippen LogP contribution in [0.3, 0.4) is 0 Å². The largest absolute Gasteiger partial charge is 0.382 e. The van der Waals surface area contributed by atoms with Gasteiger partial charge in [0, 0.05) is 20.6 Å². The summed E-state index contributed by atoms with van der Waals surface area (Å²) in [7, 11) is 0. The fraction of sp³-hybridized carbons (Fsp3) is 0.0625. The van der Waals surface area contributed by atoms with E-state index < -0.39 is 0 Å². The van der Waals surface area contributed by atoms with Crippen LogP contribution in [-0.2, 0) is 0 Å². The summed E-state index contributed by atoms with van der Waals surface area (Å²) in [4.78, 5) is 0. The van der Waals surface area contributed by atoms with E-state index in [9.17, 15) is 0 Å². The number of H-pyrrole nitrogens is 1. The van der Waals surface area contributed by atoms with Crippen LogP contribution < -0.4 is 5.73 Å². The molecule has 0 amide bonds. The molecule has 0 unspecified atom stereocenters. The highest BCUT2D eigenvalue weighted by Gasteiger charge is 2.18. The Bertz CT molecular complexity index is 811. The number of nitrogen functional groups attached to an aromatic ring is 1. The average molecular weight is 363 g/mol. The maximum Gasteiger partial charge on any atom is 0.153 e. The van der Waals surface area contributed by atoms with Crippen LogP contribution in [0.5, 0.6) is 0 Å². The molecule has 3 N–H and O–H groups in total. The summed E-state index contributed by atoms with van der Waals surface area (Å²) in [5.74, 6) is 0.469. The molecule has 0 radical (unpaired) electrons. The minimum Gasteiger partial charge on any atom is -0.382 e. The molecule has 1 heterocycles. The smallest absolute Gasteiger partial charge is 0.153 e. The summed E-state index contributed by atoms with van der Waals surface area (Å²) in [6, 6.07) is 13.7. The molecule has 106 valence electrons. The second-order valence-electron chi connectivity index (χ2n) is 4.80. The average Bonchev–Trinajstić information content (AvgIpc) is 2.84. The number of aromatic nitrogens is 2. The molecular formula is C16H13BrClN3. The molecular weight excluding hydrogens is 350 g/mol. The third-order valence-electron chi connectivity index (χ3n) is 3.41. The number of anilines is 1. The Morgan fingerprint density at radius 2 is 1.90 bits per heavy atom.